The Bertz CT molecular complexity index is 373. The van der Waals surface area contributed by atoms with Gasteiger partial charge in [-0.25, -0.2) is 0 Å². The highest BCUT2D eigenvalue weighted by Crippen LogP contribution is 2.32. The van der Waals surface area contributed by atoms with E-state index in [2.05, 4.69) is 13.5 Å². The summed E-state index contributed by atoms with van der Waals surface area (Å²) < 4.78 is 11.2. The van der Waals surface area contributed by atoms with Crippen LogP contribution in [-0.2, 0) is 9.47 Å². The number of rotatable bonds is 22. The van der Waals surface area contributed by atoms with Crippen LogP contribution in [0.15, 0.2) is 24.4 Å². The van der Waals surface area contributed by atoms with Crippen molar-refractivity contribution in [3.8, 4) is 0 Å². The van der Waals surface area contributed by atoms with Crippen molar-refractivity contribution in [3.63, 3.8) is 0 Å². The lowest BCUT2D eigenvalue weighted by atomic mass is 10.1. The summed E-state index contributed by atoms with van der Waals surface area (Å²) in [5, 5.41) is 0. The first-order valence-electron chi connectivity index (χ1n) is 12.0. The summed E-state index contributed by atoms with van der Waals surface area (Å²) in [5.74, 6) is 1.96. The summed E-state index contributed by atoms with van der Waals surface area (Å²) in [6, 6.07) is 0. The van der Waals surface area contributed by atoms with E-state index in [1.165, 1.54) is 116 Å². The highest BCUT2D eigenvalue weighted by molar-refractivity contribution is 5.10. The smallest absolute Gasteiger partial charge is 0.325 e. The van der Waals surface area contributed by atoms with Crippen molar-refractivity contribution in [2.75, 3.05) is 6.61 Å². The van der Waals surface area contributed by atoms with Gasteiger partial charge in [0.15, 0.2) is 5.76 Å². The third kappa shape index (κ3) is 15.8. The van der Waals surface area contributed by atoms with Gasteiger partial charge in [0.2, 0.25) is 0 Å². The Kier molecular flexibility index (Phi) is 16.5. The fourth-order valence-corrected chi connectivity index (χ4v) is 3.56. The number of ether oxygens (including phenoxy) is 2. The van der Waals surface area contributed by atoms with Crippen molar-refractivity contribution in [2.24, 2.45) is 0 Å². The van der Waals surface area contributed by atoms with Crippen molar-refractivity contribution in [1.82, 2.24) is 0 Å². The normalized spacial score (nSPS) is 12.9. The highest BCUT2D eigenvalue weighted by Gasteiger charge is 2.26. The van der Waals surface area contributed by atoms with Gasteiger partial charge in [0.1, 0.15) is 0 Å². The predicted octanol–water partition coefficient (Wildman–Crippen LogP) is 8.82. The van der Waals surface area contributed by atoms with E-state index in [1.54, 1.807) is 0 Å². The highest BCUT2D eigenvalue weighted by atomic mass is 16.7. The van der Waals surface area contributed by atoms with Crippen molar-refractivity contribution in [2.45, 2.75) is 129 Å². The molecule has 0 unspecified atom stereocenters. The molecule has 27 heavy (non-hydrogen) atoms. The summed E-state index contributed by atoms with van der Waals surface area (Å²) in [6.07, 6.45) is 27.3. The lowest BCUT2D eigenvalue weighted by Crippen LogP contribution is -1.89. The van der Waals surface area contributed by atoms with Crippen LogP contribution in [0.25, 0.3) is 0 Å². The maximum Gasteiger partial charge on any atom is 0.325 e. The van der Waals surface area contributed by atoms with E-state index < -0.39 is 0 Å². The maximum atomic E-state index is 5.72. The first-order chi connectivity index (χ1) is 13.4. The summed E-state index contributed by atoms with van der Waals surface area (Å²) in [5.41, 5.74) is 0. The molecule has 1 aliphatic rings. The van der Waals surface area contributed by atoms with Crippen molar-refractivity contribution < 1.29 is 9.47 Å². The van der Waals surface area contributed by atoms with Gasteiger partial charge in [-0.05, 0) is 25.7 Å². The molecule has 0 radical (unpaired) electrons. The van der Waals surface area contributed by atoms with Crippen molar-refractivity contribution >= 4 is 0 Å². The second-order valence-corrected chi connectivity index (χ2v) is 8.15. The third-order valence-corrected chi connectivity index (χ3v) is 5.45. The van der Waals surface area contributed by atoms with E-state index in [9.17, 15) is 0 Å². The monoisotopic (exact) mass is 378 g/mol. The Labute approximate surface area is 169 Å². The summed E-state index contributed by atoms with van der Waals surface area (Å²) in [6.45, 7) is 6.88. The van der Waals surface area contributed by atoms with Gasteiger partial charge >= 0.3 is 5.95 Å². The second kappa shape index (κ2) is 18.4. The van der Waals surface area contributed by atoms with E-state index in [4.69, 9.17) is 9.47 Å². The van der Waals surface area contributed by atoms with Gasteiger partial charge < -0.3 is 9.47 Å². The Hall–Kier alpha value is -0.920. The zero-order valence-corrected chi connectivity index (χ0v) is 18.2. The van der Waals surface area contributed by atoms with Crippen LogP contribution in [0.3, 0.4) is 0 Å². The molecule has 0 aromatic rings. The summed E-state index contributed by atoms with van der Waals surface area (Å²) in [4.78, 5) is 0. The quantitative estimate of drug-likeness (QED) is 0.139. The first-order valence-corrected chi connectivity index (χ1v) is 12.0. The van der Waals surface area contributed by atoms with Gasteiger partial charge in [0, 0.05) is 6.42 Å². The number of hydrogen-bond donors (Lipinski definition) is 0. The molecule has 0 aromatic carbocycles. The molecule has 1 aliphatic heterocycles. The fraction of sp³-hybridized carbons (Fsp3) is 0.840. The van der Waals surface area contributed by atoms with Gasteiger partial charge in [0.05, 0.1) is 6.61 Å². The van der Waals surface area contributed by atoms with Crippen molar-refractivity contribution in [1.29, 1.82) is 0 Å². The SMILES string of the molecule is C=CCCCCCCCCCCC1=C(OCCCCCCCCCCC)O1. The Balaban J connectivity index is 1.76. The average molecular weight is 379 g/mol. The molecule has 0 aromatic heterocycles. The largest absolute Gasteiger partial charge is 0.463 e. The van der Waals surface area contributed by atoms with Crippen LogP contribution in [0.4, 0.5) is 0 Å². The standard InChI is InChI=1S/C25H46O2/c1-3-5-7-9-11-13-14-16-18-20-22-24-25(27-24)26-23-21-19-17-15-12-10-8-6-4-2/h3H,1,4-23H2,2H3. The molecule has 2 nitrogen and oxygen atoms in total. The second-order valence-electron chi connectivity index (χ2n) is 8.15. The maximum absolute atomic E-state index is 5.72. The van der Waals surface area contributed by atoms with E-state index in [0.717, 1.165) is 24.7 Å². The molecule has 158 valence electrons. The van der Waals surface area contributed by atoms with Gasteiger partial charge in [-0.2, -0.15) is 0 Å². The molecule has 0 saturated heterocycles. The molecule has 1 heterocycles. The Morgan fingerprint density at radius 2 is 1.22 bits per heavy atom. The first kappa shape index (κ1) is 24.1. The molecule has 0 fully saturated rings. The minimum atomic E-state index is 0.834. The Morgan fingerprint density at radius 3 is 1.81 bits per heavy atom. The van der Waals surface area contributed by atoms with Crippen LogP contribution in [-0.4, -0.2) is 6.61 Å². The molecule has 0 amide bonds. The van der Waals surface area contributed by atoms with Gasteiger partial charge in [-0.3, -0.25) is 0 Å². The molecule has 0 aliphatic carbocycles. The zero-order chi connectivity index (χ0) is 19.4. The Morgan fingerprint density at radius 1 is 0.704 bits per heavy atom. The molecular weight excluding hydrogens is 332 g/mol. The number of hydrogen-bond acceptors (Lipinski definition) is 2. The molecule has 0 atom stereocenters. The molecule has 0 saturated carbocycles. The van der Waals surface area contributed by atoms with Crippen LogP contribution in [0.5, 0.6) is 0 Å². The molecule has 1 rings (SSSR count). The minimum Gasteiger partial charge on any atom is -0.463 e. The molecule has 2 heteroatoms. The zero-order valence-electron chi connectivity index (χ0n) is 18.2. The fourth-order valence-electron chi connectivity index (χ4n) is 3.56. The van der Waals surface area contributed by atoms with Crippen LogP contribution < -0.4 is 0 Å². The molecule has 0 bridgehead atoms. The van der Waals surface area contributed by atoms with Gasteiger partial charge in [0.25, 0.3) is 0 Å². The van der Waals surface area contributed by atoms with Crippen LogP contribution >= 0.6 is 0 Å². The molecular formula is C25H46O2. The lowest BCUT2D eigenvalue weighted by Gasteiger charge is -2.01. The van der Waals surface area contributed by atoms with Gasteiger partial charge in [-0.15, -0.1) is 6.58 Å². The van der Waals surface area contributed by atoms with E-state index in [0.29, 0.717) is 0 Å². The van der Waals surface area contributed by atoms with Crippen LogP contribution in [0.2, 0.25) is 0 Å². The van der Waals surface area contributed by atoms with Crippen molar-refractivity contribution in [3.05, 3.63) is 24.4 Å². The van der Waals surface area contributed by atoms with E-state index in [1.807, 2.05) is 6.08 Å². The molecule has 0 N–H and O–H groups in total. The third-order valence-electron chi connectivity index (χ3n) is 5.45. The average Bonchev–Trinajstić information content (AvgIpc) is 3.43. The minimum absolute atomic E-state index is 0.834. The van der Waals surface area contributed by atoms with Crippen LogP contribution in [0.1, 0.15) is 129 Å². The van der Waals surface area contributed by atoms with E-state index >= 15 is 0 Å². The topological polar surface area (TPSA) is 21.8 Å². The predicted molar refractivity (Wildman–Crippen MR) is 118 cm³/mol. The van der Waals surface area contributed by atoms with Crippen LogP contribution in [0, 0.1) is 0 Å². The summed E-state index contributed by atoms with van der Waals surface area (Å²) in [7, 11) is 0. The lowest BCUT2D eigenvalue weighted by molar-refractivity contribution is 0.148. The van der Waals surface area contributed by atoms with E-state index in [-0.39, 0.29) is 0 Å². The van der Waals surface area contributed by atoms with Gasteiger partial charge in [-0.1, -0.05) is 103 Å². The summed E-state index contributed by atoms with van der Waals surface area (Å²) >= 11 is 0. The molecule has 0 spiro atoms. The number of unbranched alkanes of at least 4 members (excludes halogenated alkanes) is 16. The number of allylic oxidation sites excluding steroid dienone is 2.